The summed E-state index contributed by atoms with van der Waals surface area (Å²) in [5.41, 5.74) is 1.43. The molecule has 23 heavy (non-hydrogen) atoms. The zero-order valence-corrected chi connectivity index (χ0v) is 14.5. The number of thioether (sulfide) groups is 1. The number of allylic oxidation sites excluding steroid dienone is 5. The van der Waals surface area contributed by atoms with Crippen molar-refractivity contribution in [2.45, 2.75) is 6.54 Å². The number of carbonyl (C=O) groups excluding carboxylic acids is 1. The summed E-state index contributed by atoms with van der Waals surface area (Å²) in [6, 6.07) is 6.11. The Hall–Kier alpha value is -1.98. The first kappa shape index (κ1) is 19.1. The van der Waals surface area contributed by atoms with Crippen LogP contribution in [-0.4, -0.2) is 21.4 Å². The van der Waals surface area contributed by atoms with Gasteiger partial charge in [-0.05, 0) is 35.6 Å². The minimum absolute atomic E-state index is 0.217. The highest BCUT2D eigenvalue weighted by Crippen LogP contribution is 2.14. The Bertz CT molecular complexity index is 665. The lowest BCUT2D eigenvalue weighted by atomic mass is 10.2. The van der Waals surface area contributed by atoms with E-state index in [0.29, 0.717) is 9.88 Å². The van der Waals surface area contributed by atoms with Crippen molar-refractivity contribution in [1.82, 2.24) is 4.90 Å². The fourth-order valence-corrected chi connectivity index (χ4v) is 2.28. The molecule has 0 bridgehead atoms. The molecule has 0 saturated carbocycles. The fourth-order valence-electron chi connectivity index (χ4n) is 1.75. The third kappa shape index (κ3) is 6.34. The molecule has 5 heteroatoms. The summed E-state index contributed by atoms with van der Waals surface area (Å²) >= 11 is 6.53. The van der Waals surface area contributed by atoms with Crippen LogP contribution < -0.4 is 0 Å². The van der Waals surface area contributed by atoms with Crippen LogP contribution in [0.3, 0.4) is 0 Å². The summed E-state index contributed by atoms with van der Waals surface area (Å²) in [6.45, 7) is 7.49. The van der Waals surface area contributed by atoms with Crippen molar-refractivity contribution >= 4 is 34.2 Å². The lowest BCUT2D eigenvalue weighted by Gasteiger charge is -2.20. The molecule has 2 nitrogen and oxygen atoms in total. The van der Waals surface area contributed by atoms with Crippen LogP contribution in [0.2, 0.25) is 0 Å². The maximum Gasteiger partial charge on any atom is 0.252 e. The van der Waals surface area contributed by atoms with E-state index in [1.165, 1.54) is 34.9 Å². The Morgan fingerprint density at radius 1 is 1.39 bits per heavy atom. The first-order chi connectivity index (χ1) is 11.0. The number of rotatable bonds is 6. The van der Waals surface area contributed by atoms with Crippen LogP contribution in [0.1, 0.15) is 5.56 Å². The van der Waals surface area contributed by atoms with Gasteiger partial charge in [-0.3, -0.25) is 9.69 Å². The van der Waals surface area contributed by atoms with Gasteiger partial charge in [0, 0.05) is 6.08 Å². The first-order valence-electron chi connectivity index (χ1n) is 6.79. The Labute approximate surface area is 146 Å². The second-order valence-corrected chi connectivity index (χ2v) is 5.90. The average Bonchev–Trinajstić information content (AvgIpc) is 2.55. The highest BCUT2D eigenvalue weighted by molar-refractivity contribution is 8.22. The summed E-state index contributed by atoms with van der Waals surface area (Å²) in [7, 11) is 0. The summed E-state index contributed by atoms with van der Waals surface area (Å²) in [5.74, 6) is -0.617. The number of hydrogen-bond acceptors (Lipinski definition) is 3. The van der Waals surface area contributed by atoms with Gasteiger partial charge in [0.2, 0.25) is 0 Å². The maximum absolute atomic E-state index is 13.3. The number of thiocarbonyl (C=S) groups is 1. The van der Waals surface area contributed by atoms with Gasteiger partial charge in [0.1, 0.15) is 10.1 Å². The van der Waals surface area contributed by atoms with Crippen LogP contribution in [0.5, 0.6) is 0 Å². The molecular formula is C18H18FNOS2. The Morgan fingerprint density at radius 2 is 2.13 bits per heavy atom. The molecule has 0 aromatic heterocycles. The van der Waals surface area contributed by atoms with E-state index in [1.807, 2.05) is 0 Å². The number of benzene rings is 1. The van der Waals surface area contributed by atoms with Gasteiger partial charge < -0.3 is 0 Å². The molecule has 0 aliphatic heterocycles. The van der Waals surface area contributed by atoms with Crippen LogP contribution in [0.15, 0.2) is 73.4 Å². The van der Waals surface area contributed by atoms with E-state index in [4.69, 9.17) is 12.2 Å². The molecule has 0 saturated heterocycles. The van der Waals surface area contributed by atoms with Crippen molar-refractivity contribution in [3.05, 3.63) is 84.8 Å². The summed E-state index contributed by atoms with van der Waals surface area (Å²) in [6.07, 6.45) is 9.82. The van der Waals surface area contributed by atoms with E-state index in [0.717, 1.165) is 5.57 Å². The van der Waals surface area contributed by atoms with Crippen molar-refractivity contribution < 1.29 is 9.18 Å². The van der Waals surface area contributed by atoms with E-state index in [9.17, 15) is 9.18 Å². The fraction of sp³-hybridized carbons (Fsp3) is 0.111. The third-order valence-electron chi connectivity index (χ3n) is 2.86. The summed E-state index contributed by atoms with van der Waals surface area (Å²) in [4.78, 5) is 13.8. The van der Waals surface area contributed by atoms with Gasteiger partial charge >= 0.3 is 0 Å². The van der Waals surface area contributed by atoms with Crippen LogP contribution in [0.4, 0.5) is 4.39 Å². The SMILES string of the molecule is C=C/C=C(C=C)/C=C/C(=O)N(Cc1cccc(F)c1)C(=S)SC. The van der Waals surface area contributed by atoms with Gasteiger partial charge in [-0.2, -0.15) is 0 Å². The summed E-state index contributed by atoms with van der Waals surface area (Å²) < 4.78 is 13.7. The van der Waals surface area contributed by atoms with Crippen molar-refractivity contribution in [3.63, 3.8) is 0 Å². The molecular weight excluding hydrogens is 329 g/mol. The monoisotopic (exact) mass is 347 g/mol. The van der Waals surface area contributed by atoms with Crippen molar-refractivity contribution in [3.8, 4) is 0 Å². The molecule has 1 rings (SSSR count). The molecule has 0 atom stereocenters. The molecule has 0 spiro atoms. The van der Waals surface area contributed by atoms with E-state index < -0.39 is 0 Å². The van der Waals surface area contributed by atoms with E-state index in [2.05, 4.69) is 13.2 Å². The maximum atomic E-state index is 13.3. The molecule has 0 aliphatic carbocycles. The van der Waals surface area contributed by atoms with Gasteiger partial charge in [-0.1, -0.05) is 67.5 Å². The van der Waals surface area contributed by atoms with Crippen molar-refractivity contribution in [1.29, 1.82) is 0 Å². The Balaban J connectivity index is 2.97. The quantitative estimate of drug-likeness (QED) is 0.424. The molecule has 0 unspecified atom stereocenters. The highest BCUT2D eigenvalue weighted by atomic mass is 32.2. The second kappa shape index (κ2) is 9.92. The third-order valence-corrected chi connectivity index (χ3v) is 4.15. The number of nitrogens with zero attached hydrogens (tertiary/aromatic N) is 1. The number of halogens is 1. The highest BCUT2D eigenvalue weighted by Gasteiger charge is 2.16. The molecule has 1 aromatic rings. The molecule has 0 heterocycles. The normalized spacial score (nSPS) is 11.3. The Kier molecular flexibility index (Phi) is 8.22. The minimum atomic E-state index is -0.344. The topological polar surface area (TPSA) is 20.3 Å². The smallest absolute Gasteiger partial charge is 0.252 e. The second-order valence-electron chi connectivity index (χ2n) is 4.46. The van der Waals surface area contributed by atoms with E-state index in [1.54, 1.807) is 42.7 Å². The van der Waals surface area contributed by atoms with Crippen LogP contribution in [-0.2, 0) is 11.3 Å². The molecule has 0 N–H and O–H groups in total. The van der Waals surface area contributed by atoms with Gasteiger partial charge in [0.25, 0.3) is 5.91 Å². The lowest BCUT2D eigenvalue weighted by Crippen LogP contribution is -2.32. The van der Waals surface area contributed by atoms with Crippen LogP contribution in [0, 0.1) is 5.82 Å². The minimum Gasteiger partial charge on any atom is -0.290 e. The van der Waals surface area contributed by atoms with Gasteiger partial charge in [0.05, 0.1) is 6.54 Å². The molecule has 0 radical (unpaired) electrons. The summed E-state index contributed by atoms with van der Waals surface area (Å²) in [5, 5.41) is 0. The van der Waals surface area contributed by atoms with E-state index in [-0.39, 0.29) is 18.3 Å². The van der Waals surface area contributed by atoms with Crippen molar-refractivity contribution in [2.24, 2.45) is 0 Å². The standard InChI is InChI=1S/C18H18FNOS2/c1-4-7-14(5-2)10-11-17(21)20(18(22)23-3)13-15-8-6-9-16(19)12-15/h4-12H,1-2,13H2,3H3/b11-10+,14-7+. The number of hydrogen-bond donors (Lipinski definition) is 0. The predicted octanol–water partition coefficient (Wildman–Crippen LogP) is 4.66. The molecule has 1 aromatic carbocycles. The number of carbonyl (C=O) groups is 1. The Morgan fingerprint density at radius 3 is 2.70 bits per heavy atom. The largest absolute Gasteiger partial charge is 0.290 e. The number of amides is 1. The molecule has 1 amide bonds. The average molecular weight is 347 g/mol. The van der Waals surface area contributed by atoms with Crippen LogP contribution in [0.25, 0.3) is 0 Å². The molecule has 0 aliphatic rings. The molecule has 120 valence electrons. The predicted molar refractivity (Wildman–Crippen MR) is 101 cm³/mol. The van der Waals surface area contributed by atoms with Crippen LogP contribution >= 0.6 is 24.0 Å². The zero-order valence-electron chi connectivity index (χ0n) is 12.9. The lowest BCUT2D eigenvalue weighted by molar-refractivity contribution is -0.122. The van der Waals surface area contributed by atoms with Gasteiger partial charge in [0.15, 0.2) is 0 Å². The first-order valence-corrected chi connectivity index (χ1v) is 8.42. The van der Waals surface area contributed by atoms with Crippen molar-refractivity contribution in [2.75, 3.05) is 6.26 Å². The van der Waals surface area contributed by atoms with Gasteiger partial charge in [-0.15, -0.1) is 0 Å². The molecule has 0 fully saturated rings. The zero-order chi connectivity index (χ0) is 17.2. The van der Waals surface area contributed by atoms with Gasteiger partial charge in [-0.25, -0.2) is 4.39 Å². The van der Waals surface area contributed by atoms with E-state index >= 15 is 0 Å².